The predicted octanol–water partition coefficient (Wildman–Crippen LogP) is 2.09. The lowest BCUT2D eigenvalue weighted by Gasteiger charge is -2.20. The lowest BCUT2D eigenvalue weighted by atomic mass is 9.96. The van der Waals surface area contributed by atoms with Gasteiger partial charge < -0.3 is 10.6 Å². The summed E-state index contributed by atoms with van der Waals surface area (Å²) in [6, 6.07) is 3.59. The summed E-state index contributed by atoms with van der Waals surface area (Å²) in [6.45, 7) is 1.32. The van der Waals surface area contributed by atoms with Gasteiger partial charge in [0.2, 0.25) is 5.91 Å². The number of hydrogen-bond acceptors (Lipinski definition) is 5. The van der Waals surface area contributed by atoms with Crippen molar-refractivity contribution < 1.29 is 18.8 Å². The molecule has 2 heterocycles. The molecule has 130 valence electrons. The van der Waals surface area contributed by atoms with E-state index in [0.717, 1.165) is 29.1 Å². The summed E-state index contributed by atoms with van der Waals surface area (Å²) in [4.78, 5) is 41.9. The van der Waals surface area contributed by atoms with E-state index in [1.165, 1.54) is 18.2 Å². The summed E-state index contributed by atoms with van der Waals surface area (Å²) in [7, 11) is 0. The number of imide groups is 1. The highest BCUT2D eigenvalue weighted by atomic mass is 32.1. The minimum atomic E-state index is -0.912. The number of amides is 4. The van der Waals surface area contributed by atoms with Crippen LogP contribution in [-0.2, 0) is 9.59 Å². The van der Waals surface area contributed by atoms with Crippen LogP contribution in [0.15, 0.2) is 18.2 Å². The summed E-state index contributed by atoms with van der Waals surface area (Å²) in [5.74, 6) is -1.14. The molecule has 1 aromatic heterocycles. The maximum Gasteiger partial charge on any atom is 0.325 e. The first-order valence-electron chi connectivity index (χ1n) is 7.87. The van der Waals surface area contributed by atoms with Gasteiger partial charge in [-0.15, -0.1) is 0 Å². The molecule has 1 atom stereocenters. The van der Waals surface area contributed by atoms with Gasteiger partial charge in [-0.1, -0.05) is 11.3 Å². The van der Waals surface area contributed by atoms with Gasteiger partial charge in [0, 0.05) is 0 Å². The first kappa shape index (κ1) is 15.9. The van der Waals surface area contributed by atoms with Crippen molar-refractivity contribution in [3.05, 3.63) is 24.0 Å². The van der Waals surface area contributed by atoms with E-state index in [9.17, 15) is 18.8 Å². The SMILES string of the molecule is CC1(C2CC2)NC(=O)N(CC(=O)Nc2nc3ccc(F)cc3s2)C1=O. The monoisotopic (exact) mass is 362 g/mol. The topological polar surface area (TPSA) is 91.4 Å². The molecule has 1 saturated heterocycles. The Hall–Kier alpha value is -2.55. The van der Waals surface area contributed by atoms with E-state index in [1.807, 2.05) is 0 Å². The number of aromatic nitrogens is 1. The number of hydrogen-bond donors (Lipinski definition) is 2. The van der Waals surface area contributed by atoms with Gasteiger partial charge in [0.25, 0.3) is 5.91 Å². The second-order valence-corrected chi connectivity index (χ2v) is 7.51. The Morgan fingerprint density at radius 3 is 2.96 bits per heavy atom. The van der Waals surface area contributed by atoms with Crippen LogP contribution in [0.25, 0.3) is 10.2 Å². The Balaban J connectivity index is 1.46. The summed E-state index contributed by atoms with van der Waals surface area (Å²) in [5, 5.41) is 5.55. The van der Waals surface area contributed by atoms with Crippen LogP contribution < -0.4 is 10.6 Å². The van der Waals surface area contributed by atoms with E-state index in [1.54, 1.807) is 6.92 Å². The Morgan fingerprint density at radius 2 is 2.24 bits per heavy atom. The van der Waals surface area contributed by atoms with Gasteiger partial charge in [-0.05, 0) is 43.9 Å². The van der Waals surface area contributed by atoms with Crippen molar-refractivity contribution >= 4 is 44.5 Å². The molecule has 7 nitrogen and oxygen atoms in total. The third kappa shape index (κ3) is 2.74. The second-order valence-electron chi connectivity index (χ2n) is 6.48. The minimum absolute atomic E-state index is 0.135. The first-order chi connectivity index (χ1) is 11.9. The van der Waals surface area contributed by atoms with Crippen LogP contribution in [-0.4, -0.2) is 39.8 Å². The van der Waals surface area contributed by atoms with Gasteiger partial charge in [0.05, 0.1) is 10.2 Å². The third-order valence-corrected chi connectivity index (χ3v) is 5.53. The number of fused-ring (bicyclic) bond motifs is 1. The molecule has 0 radical (unpaired) electrons. The number of thiazole rings is 1. The number of nitrogens with zero attached hydrogens (tertiary/aromatic N) is 2. The van der Waals surface area contributed by atoms with Crippen molar-refractivity contribution in [3.8, 4) is 0 Å². The number of carbonyl (C=O) groups excluding carboxylic acids is 3. The van der Waals surface area contributed by atoms with E-state index < -0.39 is 17.5 Å². The van der Waals surface area contributed by atoms with Gasteiger partial charge in [-0.3, -0.25) is 14.5 Å². The summed E-state index contributed by atoms with van der Waals surface area (Å²) < 4.78 is 13.8. The van der Waals surface area contributed by atoms with Crippen LogP contribution in [0.2, 0.25) is 0 Å². The highest BCUT2D eigenvalue weighted by Gasteiger charge is 2.56. The Kier molecular flexibility index (Phi) is 3.50. The van der Waals surface area contributed by atoms with Gasteiger partial charge in [-0.2, -0.15) is 0 Å². The predicted molar refractivity (Wildman–Crippen MR) is 89.6 cm³/mol. The smallest absolute Gasteiger partial charge is 0.323 e. The summed E-state index contributed by atoms with van der Waals surface area (Å²) in [6.07, 6.45) is 1.79. The fraction of sp³-hybridized carbons (Fsp3) is 0.375. The number of carbonyl (C=O) groups is 3. The molecule has 2 aromatic rings. The first-order valence-corrected chi connectivity index (χ1v) is 8.68. The molecule has 1 saturated carbocycles. The van der Waals surface area contributed by atoms with E-state index in [-0.39, 0.29) is 24.2 Å². The highest BCUT2D eigenvalue weighted by molar-refractivity contribution is 7.22. The number of anilines is 1. The van der Waals surface area contributed by atoms with Crippen LogP contribution in [0.1, 0.15) is 19.8 Å². The highest BCUT2D eigenvalue weighted by Crippen LogP contribution is 2.42. The fourth-order valence-corrected chi connectivity index (χ4v) is 3.96. The van der Waals surface area contributed by atoms with Crippen LogP contribution in [0.5, 0.6) is 0 Å². The van der Waals surface area contributed by atoms with Crippen molar-refractivity contribution in [3.63, 3.8) is 0 Å². The van der Waals surface area contributed by atoms with Crippen molar-refractivity contribution in [2.24, 2.45) is 5.92 Å². The maximum absolute atomic E-state index is 13.2. The fourth-order valence-electron chi connectivity index (χ4n) is 3.05. The number of benzene rings is 1. The molecule has 2 N–H and O–H groups in total. The number of urea groups is 1. The average Bonchev–Trinajstić information content (AvgIpc) is 3.29. The lowest BCUT2D eigenvalue weighted by Crippen LogP contribution is -2.46. The molecule has 4 amide bonds. The Labute approximate surface area is 146 Å². The summed E-state index contributed by atoms with van der Waals surface area (Å²) in [5.41, 5.74) is -0.344. The molecule has 4 rings (SSSR count). The van der Waals surface area contributed by atoms with Crippen molar-refractivity contribution in [2.75, 3.05) is 11.9 Å². The van der Waals surface area contributed by atoms with Gasteiger partial charge in [-0.25, -0.2) is 14.2 Å². The molecule has 1 unspecified atom stereocenters. The number of halogens is 1. The molecular formula is C16H15FN4O3S. The molecule has 1 aliphatic carbocycles. The van der Waals surface area contributed by atoms with Crippen LogP contribution in [0.3, 0.4) is 0 Å². The molecular weight excluding hydrogens is 347 g/mol. The summed E-state index contributed by atoms with van der Waals surface area (Å²) >= 11 is 1.13. The van der Waals surface area contributed by atoms with Gasteiger partial charge in [0.15, 0.2) is 5.13 Å². The zero-order valence-electron chi connectivity index (χ0n) is 13.3. The maximum atomic E-state index is 13.2. The molecule has 1 aromatic carbocycles. The number of nitrogens with one attached hydrogen (secondary N) is 2. The van der Waals surface area contributed by atoms with Crippen LogP contribution >= 0.6 is 11.3 Å². The minimum Gasteiger partial charge on any atom is -0.323 e. The Bertz CT molecular complexity index is 910. The second kappa shape index (κ2) is 5.48. The average molecular weight is 362 g/mol. The molecule has 0 spiro atoms. The third-order valence-electron chi connectivity index (χ3n) is 4.59. The van der Waals surface area contributed by atoms with Crippen LogP contribution in [0, 0.1) is 11.7 Å². The van der Waals surface area contributed by atoms with Crippen molar-refractivity contribution in [1.29, 1.82) is 0 Å². The van der Waals surface area contributed by atoms with E-state index in [4.69, 9.17) is 0 Å². The van der Waals surface area contributed by atoms with E-state index in [2.05, 4.69) is 15.6 Å². The lowest BCUT2D eigenvalue weighted by molar-refractivity contribution is -0.134. The van der Waals surface area contributed by atoms with Crippen molar-refractivity contribution in [2.45, 2.75) is 25.3 Å². The van der Waals surface area contributed by atoms with E-state index >= 15 is 0 Å². The quantitative estimate of drug-likeness (QED) is 0.815. The van der Waals surface area contributed by atoms with E-state index in [0.29, 0.717) is 15.3 Å². The normalized spacial score (nSPS) is 23.2. The molecule has 25 heavy (non-hydrogen) atoms. The largest absolute Gasteiger partial charge is 0.325 e. The zero-order valence-corrected chi connectivity index (χ0v) is 14.2. The molecule has 2 aliphatic rings. The van der Waals surface area contributed by atoms with Gasteiger partial charge >= 0.3 is 6.03 Å². The van der Waals surface area contributed by atoms with Crippen molar-refractivity contribution in [1.82, 2.24) is 15.2 Å². The zero-order chi connectivity index (χ0) is 17.8. The molecule has 1 aliphatic heterocycles. The standard InChI is InChI=1S/C16H15FN4O3S/c1-16(8-2-3-8)13(23)21(15(24)20-16)7-12(22)19-14-18-10-5-4-9(17)6-11(10)25-14/h4-6,8H,2-3,7H2,1H3,(H,20,24)(H,18,19,22). The van der Waals surface area contributed by atoms with Gasteiger partial charge in [0.1, 0.15) is 17.9 Å². The molecule has 2 fully saturated rings. The molecule has 9 heteroatoms. The Morgan fingerprint density at radius 1 is 1.48 bits per heavy atom. The molecule has 0 bridgehead atoms. The number of rotatable bonds is 4. The van der Waals surface area contributed by atoms with Crippen LogP contribution in [0.4, 0.5) is 14.3 Å².